The van der Waals surface area contributed by atoms with Crippen molar-refractivity contribution in [3.05, 3.63) is 35.6 Å². The second-order valence-corrected chi connectivity index (χ2v) is 3.12. The molecule has 0 heterocycles. The lowest BCUT2D eigenvalue weighted by Gasteiger charge is -2.10. The van der Waals surface area contributed by atoms with Gasteiger partial charge in [-0.15, -0.1) is 0 Å². The van der Waals surface area contributed by atoms with Crippen LogP contribution < -0.4 is 0 Å². The van der Waals surface area contributed by atoms with Gasteiger partial charge < -0.3 is 4.74 Å². The van der Waals surface area contributed by atoms with Crippen LogP contribution in [0.1, 0.15) is 24.2 Å². The number of carbonyl (C=O) groups is 2. The van der Waals surface area contributed by atoms with Crippen LogP contribution in [0.15, 0.2) is 24.3 Å². The van der Waals surface area contributed by atoms with Crippen LogP contribution in [-0.4, -0.2) is 17.9 Å². The van der Waals surface area contributed by atoms with Gasteiger partial charge in [0.1, 0.15) is 5.82 Å². The molecule has 0 saturated carbocycles. The Bertz CT molecular complexity index is 370. The maximum absolute atomic E-state index is 12.6. The van der Waals surface area contributed by atoms with Crippen molar-refractivity contribution in [1.82, 2.24) is 0 Å². The molecule has 0 radical (unpaired) electrons. The van der Waals surface area contributed by atoms with E-state index >= 15 is 0 Å². The molecule has 1 atom stereocenters. The Balaban J connectivity index is 2.76. The van der Waals surface area contributed by atoms with Crippen molar-refractivity contribution in [2.24, 2.45) is 0 Å². The van der Waals surface area contributed by atoms with Crippen LogP contribution in [0.5, 0.6) is 0 Å². The molecule has 0 spiro atoms. The van der Waals surface area contributed by atoms with Gasteiger partial charge in [-0.1, -0.05) is 0 Å². The van der Waals surface area contributed by atoms with E-state index < -0.39 is 17.9 Å². The highest BCUT2D eigenvalue weighted by molar-refractivity contribution is 6.00. The highest BCUT2D eigenvalue weighted by atomic mass is 19.1. The third kappa shape index (κ3) is 3.16. The van der Waals surface area contributed by atoms with E-state index in [-0.39, 0.29) is 5.78 Å². The quantitative estimate of drug-likeness (QED) is 0.565. The largest absolute Gasteiger partial charge is 0.454 e. The van der Waals surface area contributed by atoms with Crippen LogP contribution in [0.4, 0.5) is 4.39 Å². The van der Waals surface area contributed by atoms with Gasteiger partial charge in [-0.2, -0.15) is 0 Å². The molecule has 0 fully saturated rings. The normalized spacial score (nSPS) is 11.9. The molecule has 4 heteroatoms. The number of rotatable bonds is 3. The van der Waals surface area contributed by atoms with E-state index in [1.54, 1.807) is 0 Å². The first kappa shape index (κ1) is 11.4. The summed E-state index contributed by atoms with van der Waals surface area (Å²) in [7, 11) is 0. The van der Waals surface area contributed by atoms with Crippen molar-refractivity contribution in [2.45, 2.75) is 20.0 Å². The molecule has 15 heavy (non-hydrogen) atoms. The van der Waals surface area contributed by atoms with Crippen LogP contribution in [0, 0.1) is 5.82 Å². The fourth-order valence-corrected chi connectivity index (χ4v) is 1.15. The third-order valence-electron chi connectivity index (χ3n) is 1.84. The summed E-state index contributed by atoms with van der Waals surface area (Å²) >= 11 is 0. The van der Waals surface area contributed by atoms with E-state index in [1.807, 2.05) is 0 Å². The second-order valence-electron chi connectivity index (χ2n) is 3.12. The fourth-order valence-electron chi connectivity index (χ4n) is 1.15. The van der Waals surface area contributed by atoms with Gasteiger partial charge in [0.25, 0.3) is 0 Å². The van der Waals surface area contributed by atoms with Crippen molar-refractivity contribution < 1.29 is 18.7 Å². The molecule has 0 N–H and O–H groups in total. The summed E-state index contributed by atoms with van der Waals surface area (Å²) in [5.41, 5.74) is 0.324. The molecule has 0 saturated heterocycles. The van der Waals surface area contributed by atoms with Gasteiger partial charge in [0.15, 0.2) is 6.10 Å². The number of esters is 1. The van der Waals surface area contributed by atoms with Crippen LogP contribution >= 0.6 is 0 Å². The average Bonchev–Trinajstić information content (AvgIpc) is 2.17. The van der Waals surface area contributed by atoms with Gasteiger partial charge in [0, 0.05) is 12.5 Å². The molecular weight excluding hydrogens is 199 g/mol. The Morgan fingerprint density at radius 3 is 2.27 bits per heavy atom. The summed E-state index contributed by atoms with van der Waals surface area (Å²) < 4.78 is 17.3. The van der Waals surface area contributed by atoms with Crippen molar-refractivity contribution in [1.29, 1.82) is 0 Å². The number of halogens is 1. The Labute approximate surface area is 86.9 Å². The third-order valence-corrected chi connectivity index (χ3v) is 1.84. The van der Waals surface area contributed by atoms with E-state index in [0.29, 0.717) is 5.56 Å². The first-order chi connectivity index (χ1) is 7.00. The van der Waals surface area contributed by atoms with Crippen LogP contribution in [-0.2, 0) is 9.53 Å². The van der Waals surface area contributed by atoms with Crippen LogP contribution in [0.3, 0.4) is 0 Å². The SMILES string of the molecule is CC(=O)OC(C)C(=O)c1ccc(F)cc1. The minimum Gasteiger partial charge on any atom is -0.454 e. The van der Waals surface area contributed by atoms with E-state index in [9.17, 15) is 14.0 Å². The van der Waals surface area contributed by atoms with Gasteiger partial charge in [-0.3, -0.25) is 9.59 Å². The molecule has 1 aromatic rings. The monoisotopic (exact) mass is 210 g/mol. The van der Waals surface area contributed by atoms with Gasteiger partial charge in [0.05, 0.1) is 0 Å². The predicted octanol–water partition coefficient (Wildman–Crippen LogP) is 1.96. The van der Waals surface area contributed by atoms with Crippen molar-refractivity contribution in [3.8, 4) is 0 Å². The topological polar surface area (TPSA) is 43.4 Å². The maximum Gasteiger partial charge on any atom is 0.303 e. The lowest BCUT2D eigenvalue weighted by molar-refractivity contribution is -0.143. The van der Waals surface area contributed by atoms with Crippen molar-refractivity contribution >= 4 is 11.8 Å². The van der Waals surface area contributed by atoms with Crippen LogP contribution in [0.2, 0.25) is 0 Å². The highest BCUT2D eigenvalue weighted by Gasteiger charge is 2.17. The first-order valence-electron chi connectivity index (χ1n) is 4.47. The predicted molar refractivity (Wildman–Crippen MR) is 52.0 cm³/mol. The Morgan fingerprint density at radius 1 is 1.27 bits per heavy atom. The Morgan fingerprint density at radius 2 is 1.80 bits per heavy atom. The molecular formula is C11H11FO3. The zero-order valence-corrected chi connectivity index (χ0v) is 8.49. The number of ketones is 1. The van der Waals surface area contributed by atoms with Gasteiger partial charge in [0.2, 0.25) is 5.78 Å². The molecule has 3 nitrogen and oxygen atoms in total. The number of Topliss-reactive ketones (excluding diaryl/α,β-unsaturated/α-hetero) is 1. The van der Waals surface area contributed by atoms with Gasteiger partial charge in [-0.05, 0) is 31.2 Å². The van der Waals surface area contributed by atoms with Crippen molar-refractivity contribution in [2.75, 3.05) is 0 Å². The maximum atomic E-state index is 12.6. The number of ether oxygens (including phenoxy) is 1. The molecule has 1 rings (SSSR count). The summed E-state index contributed by atoms with van der Waals surface area (Å²) in [5.74, 6) is -1.27. The van der Waals surface area contributed by atoms with E-state index in [0.717, 1.165) is 0 Å². The summed E-state index contributed by atoms with van der Waals surface area (Å²) in [5, 5.41) is 0. The fraction of sp³-hybridized carbons (Fsp3) is 0.273. The first-order valence-corrected chi connectivity index (χ1v) is 4.47. The molecule has 1 aromatic carbocycles. The Hall–Kier alpha value is -1.71. The number of carbonyl (C=O) groups excluding carboxylic acids is 2. The van der Waals surface area contributed by atoms with E-state index in [2.05, 4.69) is 0 Å². The zero-order chi connectivity index (χ0) is 11.4. The minimum atomic E-state index is -0.840. The van der Waals surface area contributed by atoms with Crippen molar-refractivity contribution in [3.63, 3.8) is 0 Å². The molecule has 0 bridgehead atoms. The lowest BCUT2D eigenvalue weighted by Crippen LogP contribution is -2.23. The van der Waals surface area contributed by atoms with Gasteiger partial charge in [-0.25, -0.2) is 4.39 Å². The summed E-state index contributed by atoms with van der Waals surface area (Å²) in [6.45, 7) is 2.71. The number of hydrogen-bond acceptors (Lipinski definition) is 3. The summed E-state index contributed by atoms with van der Waals surface area (Å²) in [6.07, 6.45) is -0.840. The average molecular weight is 210 g/mol. The van der Waals surface area contributed by atoms with E-state index in [4.69, 9.17) is 4.74 Å². The highest BCUT2D eigenvalue weighted by Crippen LogP contribution is 2.08. The van der Waals surface area contributed by atoms with E-state index in [1.165, 1.54) is 38.1 Å². The molecule has 0 aliphatic carbocycles. The lowest BCUT2D eigenvalue weighted by atomic mass is 10.1. The molecule has 0 aliphatic heterocycles. The smallest absolute Gasteiger partial charge is 0.303 e. The molecule has 80 valence electrons. The van der Waals surface area contributed by atoms with Gasteiger partial charge >= 0.3 is 5.97 Å². The second kappa shape index (κ2) is 4.68. The summed E-state index contributed by atoms with van der Waals surface area (Å²) in [6, 6.07) is 5.09. The molecule has 0 amide bonds. The number of benzene rings is 1. The zero-order valence-electron chi connectivity index (χ0n) is 8.49. The molecule has 1 unspecified atom stereocenters. The molecule has 0 aromatic heterocycles. The standard InChI is InChI=1S/C11H11FO3/c1-7(15-8(2)13)11(14)9-3-5-10(12)6-4-9/h3-7H,1-2H3. The molecule has 0 aliphatic rings. The summed E-state index contributed by atoms with van der Waals surface area (Å²) in [4.78, 5) is 22.2. The Kier molecular flexibility index (Phi) is 3.55. The number of hydrogen-bond donors (Lipinski definition) is 0. The minimum absolute atomic E-state index is 0.324. The van der Waals surface area contributed by atoms with Crippen LogP contribution in [0.25, 0.3) is 0 Å².